The van der Waals surface area contributed by atoms with Gasteiger partial charge in [0.15, 0.2) is 0 Å². The zero-order valence-electron chi connectivity index (χ0n) is 8.12. The Balaban J connectivity index is 2.22. The summed E-state index contributed by atoms with van der Waals surface area (Å²) in [5, 5.41) is 0. The largest absolute Gasteiger partial charge is 0.285 e. The minimum atomic E-state index is 0.00116. The summed E-state index contributed by atoms with van der Waals surface area (Å²) in [4.78, 5) is 24.5. The van der Waals surface area contributed by atoms with E-state index in [1.165, 1.54) is 4.90 Å². The molecule has 72 valence electrons. The van der Waals surface area contributed by atoms with Crippen molar-refractivity contribution in [2.24, 2.45) is 17.8 Å². The van der Waals surface area contributed by atoms with E-state index in [0.29, 0.717) is 5.92 Å². The average molecular weight is 181 g/mol. The highest BCUT2D eigenvalue weighted by Gasteiger charge is 2.47. The Kier molecular flexibility index (Phi) is 1.90. The highest BCUT2D eigenvalue weighted by molar-refractivity contribution is 6.04. The lowest BCUT2D eigenvalue weighted by Crippen LogP contribution is -2.26. The van der Waals surface area contributed by atoms with Gasteiger partial charge in [-0.3, -0.25) is 14.5 Å². The smallest absolute Gasteiger partial charge is 0.232 e. The Morgan fingerprint density at radius 2 is 1.77 bits per heavy atom. The van der Waals surface area contributed by atoms with Gasteiger partial charge in [-0.05, 0) is 25.2 Å². The third-order valence-corrected chi connectivity index (χ3v) is 3.41. The highest BCUT2D eigenvalue weighted by Crippen LogP contribution is 2.39. The van der Waals surface area contributed by atoms with Crippen molar-refractivity contribution < 1.29 is 9.59 Å². The van der Waals surface area contributed by atoms with Gasteiger partial charge in [0.2, 0.25) is 11.8 Å². The van der Waals surface area contributed by atoms with E-state index < -0.39 is 0 Å². The molecule has 2 amide bonds. The zero-order chi connectivity index (χ0) is 9.59. The van der Waals surface area contributed by atoms with Crippen LogP contribution in [0.2, 0.25) is 0 Å². The number of carbonyl (C=O) groups is 2. The van der Waals surface area contributed by atoms with E-state index in [9.17, 15) is 9.59 Å². The van der Waals surface area contributed by atoms with Gasteiger partial charge in [-0.2, -0.15) is 0 Å². The first-order valence-corrected chi connectivity index (χ1v) is 4.92. The average Bonchev–Trinajstić information content (AvgIpc) is 2.32. The Labute approximate surface area is 78.1 Å². The second kappa shape index (κ2) is 2.82. The van der Waals surface area contributed by atoms with Crippen LogP contribution in [-0.4, -0.2) is 23.8 Å². The van der Waals surface area contributed by atoms with Gasteiger partial charge in [0.05, 0.1) is 11.8 Å². The summed E-state index contributed by atoms with van der Waals surface area (Å²) in [5.74, 6) is 0.697. The van der Waals surface area contributed by atoms with Gasteiger partial charge in [-0.1, -0.05) is 6.92 Å². The van der Waals surface area contributed by atoms with Gasteiger partial charge in [0.1, 0.15) is 0 Å². The summed E-state index contributed by atoms with van der Waals surface area (Å²) in [7, 11) is 1.60. The summed E-state index contributed by atoms with van der Waals surface area (Å²) in [6.07, 6.45) is 2.90. The van der Waals surface area contributed by atoms with Crippen molar-refractivity contribution in [2.75, 3.05) is 7.05 Å². The van der Waals surface area contributed by atoms with Crippen molar-refractivity contribution in [1.82, 2.24) is 4.90 Å². The number of hydrogen-bond acceptors (Lipinski definition) is 2. The lowest BCUT2D eigenvalue weighted by Gasteiger charge is -2.25. The Morgan fingerprint density at radius 3 is 2.46 bits per heavy atom. The molecule has 1 aliphatic heterocycles. The molecule has 3 nitrogen and oxygen atoms in total. The van der Waals surface area contributed by atoms with E-state index in [1.54, 1.807) is 7.05 Å². The van der Waals surface area contributed by atoms with Gasteiger partial charge < -0.3 is 0 Å². The lowest BCUT2D eigenvalue weighted by atomic mass is 9.76. The molecule has 2 fully saturated rings. The predicted octanol–water partition coefficient (Wildman–Crippen LogP) is 1.04. The Bertz CT molecular complexity index is 262. The molecule has 1 heterocycles. The van der Waals surface area contributed by atoms with Crippen LogP contribution >= 0.6 is 0 Å². The monoisotopic (exact) mass is 181 g/mol. The fourth-order valence-electron chi connectivity index (χ4n) is 2.56. The SMILES string of the molecule is CC1CC[C@H]2C(=O)N(C)C(=O)[C@H]2C1. The minimum absolute atomic E-state index is 0.00116. The maximum Gasteiger partial charge on any atom is 0.232 e. The lowest BCUT2D eigenvalue weighted by molar-refractivity contribution is -0.138. The molecule has 1 aliphatic carbocycles. The maximum absolute atomic E-state index is 11.6. The van der Waals surface area contributed by atoms with Crippen molar-refractivity contribution in [3.05, 3.63) is 0 Å². The summed E-state index contributed by atoms with van der Waals surface area (Å²) in [5.41, 5.74) is 0. The van der Waals surface area contributed by atoms with Crippen LogP contribution < -0.4 is 0 Å². The van der Waals surface area contributed by atoms with Crippen molar-refractivity contribution >= 4 is 11.8 Å². The highest BCUT2D eigenvalue weighted by atomic mass is 16.2. The number of hydrogen-bond donors (Lipinski definition) is 0. The molecule has 13 heavy (non-hydrogen) atoms. The molecular weight excluding hydrogens is 166 g/mol. The molecule has 3 atom stereocenters. The Morgan fingerprint density at radius 1 is 1.15 bits per heavy atom. The van der Waals surface area contributed by atoms with Crippen LogP contribution in [0, 0.1) is 17.8 Å². The first-order valence-electron chi connectivity index (χ1n) is 4.92. The normalized spacial score (nSPS) is 39.5. The van der Waals surface area contributed by atoms with Crippen LogP contribution in [0.1, 0.15) is 26.2 Å². The Hall–Kier alpha value is -0.860. The van der Waals surface area contributed by atoms with E-state index in [-0.39, 0.29) is 23.7 Å². The van der Waals surface area contributed by atoms with Gasteiger partial charge in [0.25, 0.3) is 0 Å². The number of rotatable bonds is 0. The molecule has 0 N–H and O–H groups in total. The second-order valence-corrected chi connectivity index (χ2v) is 4.37. The third-order valence-electron chi connectivity index (χ3n) is 3.41. The zero-order valence-corrected chi connectivity index (χ0v) is 8.12. The number of carbonyl (C=O) groups excluding carboxylic acids is 2. The van der Waals surface area contributed by atoms with Gasteiger partial charge in [-0.15, -0.1) is 0 Å². The minimum Gasteiger partial charge on any atom is -0.285 e. The molecule has 1 saturated heterocycles. The quantitative estimate of drug-likeness (QED) is 0.523. The summed E-state index contributed by atoms with van der Waals surface area (Å²) < 4.78 is 0. The fourth-order valence-corrected chi connectivity index (χ4v) is 2.56. The van der Waals surface area contributed by atoms with Gasteiger partial charge in [0, 0.05) is 7.05 Å². The molecule has 2 rings (SSSR count). The number of nitrogens with zero attached hydrogens (tertiary/aromatic N) is 1. The van der Waals surface area contributed by atoms with E-state index >= 15 is 0 Å². The first-order chi connectivity index (χ1) is 6.11. The first kappa shape index (κ1) is 8.73. The number of likely N-dealkylation sites (tertiary alicyclic amines) is 1. The third kappa shape index (κ3) is 1.18. The van der Waals surface area contributed by atoms with E-state index in [4.69, 9.17) is 0 Å². The molecule has 0 aromatic rings. The van der Waals surface area contributed by atoms with Crippen molar-refractivity contribution in [2.45, 2.75) is 26.2 Å². The summed E-state index contributed by atoms with van der Waals surface area (Å²) in [6, 6.07) is 0. The fraction of sp³-hybridized carbons (Fsp3) is 0.800. The maximum atomic E-state index is 11.6. The van der Waals surface area contributed by atoms with E-state index in [1.807, 2.05) is 0 Å². The molecule has 0 spiro atoms. The standard InChI is InChI=1S/C10H15NO2/c1-6-3-4-7-8(5-6)10(13)11(2)9(7)12/h6-8H,3-5H2,1-2H3/t6?,7-,8+/m1/s1. The van der Waals surface area contributed by atoms with Crippen molar-refractivity contribution in [3.63, 3.8) is 0 Å². The molecule has 0 aromatic heterocycles. The predicted molar refractivity (Wildman–Crippen MR) is 47.8 cm³/mol. The molecule has 3 heteroatoms. The van der Waals surface area contributed by atoms with Crippen LogP contribution in [0.3, 0.4) is 0 Å². The summed E-state index contributed by atoms with van der Waals surface area (Å²) >= 11 is 0. The number of amides is 2. The molecule has 0 radical (unpaired) electrons. The molecular formula is C10H15NO2. The second-order valence-electron chi connectivity index (χ2n) is 4.37. The summed E-state index contributed by atoms with van der Waals surface area (Å²) in [6.45, 7) is 2.16. The van der Waals surface area contributed by atoms with Crippen LogP contribution in [0.5, 0.6) is 0 Å². The van der Waals surface area contributed by atoms with E-state index in [0.717, 1.165) is 19.3 Å². The molecule has 1 unspecified atom stereocenters. The van der Waals surface area contributed by atoms with E-state index in [2.05, 4.69) is 6.92 Å². The molecule has 1 saturated carbocycles. The van der Waals surface area contributed by atoms with Crippen LogP contribution in [0.4, 0.5) is 0 Å². The van der Waals surface area contributed by atoms with Crippen LogP contribution in [0.15, 0.2) is 0 Å². The van der Waals surface area contributed by atoms with Gasteiger partial charge >= 0.3 is 0 Å². The molecule has 2 aliphatic rings. The van der Waals surface area contributed by atoms with Crippen molar-refractivity contribution in [3.8, 4) is 0 Å². The van der Waals surface area contributed by atoms with Crippen LogP contribution in [0.25, 0.3) is 0 Å². The number of fused-ring (bicyclic) bond motifs is 1. The van der Waals surface area contributed by atoms with Crippen LogP contribution in [-0.2, 0) is 9.59 Å². The molecule has 0 bridgehead atoms. The van der Waals surface area contributed by atoms with Gasteiger partial charge in [-0.25, -0.2) is 0 Å². The topological polar surface area (TPSA) is 37.4 Å². The number of imide groups is 1. The van der Waals surface area contributed by atoms with Crippen molar-refractivity contribution in [1.29, 1.82) is 0 Å². The molecule has 0 aromatic carbocycles.